The van der Waals surface area contributed by atoms with Crippen LogP contribution in [-0.4, -0.2) is 23.5 Å². The highest BCUT2D eigenvalue weighted by Gasteiger charge is 2.39. The quantitative estimate of drug-likeness (QED) is 0.656. The van der Waals surface area contributed by atoms with Crippen molar-refractivity contribution in [1.29, 1.82) is 0 Å². The molecule has 5 nitrogen and oxygen atoms in total. The number of hydrogen-bond acceptors (Lipinski definition) is 4. The SMILES string of the molecule is O=C1/C(=C\c2ccncc2)N(Cc2ccccc2)S(=O)(=O)c2ccccc21. The second-order valence-corrected chi connectivity index (χ2v) is 7.96. The van der Waals surface area contributed by atoms with E-state index in [1.165, 1.54) is 10.4 Å². The summed E-state index contributed by atoms with van der Waals surface area (Å²) >= 11 is 0. The number of rotatable bonds is 3. The largest absolute Gasteiger partial charge is 0.287 e. The molecule has 1 aromatic heterocycles. The average molecular weight is 376 g/mol. The molecule has 4 rings (SSSR count). The molecule has 1 aliphatic rings. The van der Waals surface area contributed by atoms with E-state index in [-0.39, 0.29) is 28.5 Å². The maximum absolute atomic E-state index is 13.3. The Kier molecular flexibility index (Phi) is 4.33. The average Bonchev–Trinajstić information content (AvgIpc) is 2.71. The van der Waals surface area contributed by atoms with Crippen LogP contribution in [0.3, 0.4) is 0 Å². The van der Waals surface area contributed by atoms with E-state index in [1.54, 1.807) is 48.8 Å². The summed E-state index contributed by atoms with van der Waals surface area (Å²) in [5, 5.41) is 0. The van der Waals surface area contributed by atoms with Crippen molar-refractivity contribution in [1.82, 2.24) is 9.29 Å². The molecule has 0 unspecified atom stereocenters. The van der Waals surface area contributed by atoms with Gasteiger partial charge in [-0.25, -0.2) is 8.42 Å². The number of ketones is 1. The van der Waals surface area contributed by atoms with E-state index in [2.05, 4.69) is 4.98 Å². The van der Waals surface area contributed by atoms with Crippen LogP contribution >= 0.6 is 0 Å². The first-order valence-electron chi connectivity index (χ1n) is 8.39. The first kappa shape index (κ1) is 17.2. The lowest BCUT2D eigenvalue weighted by molar-refractivity contribution is 0.100. The molecule has 1 aliphatic heterocycles. The van der Waals surface area contributed by atoms with Crippen LogP contribution in [0.25, 0.3) is 6.08 Å². The van der Waals surface area contributed by atoms with Gasteiger partial charge in [-0.2, -0.15) is 0 Å². The summed E-state index contributed by atoms with van der Waals surface area (Å²) in [6, 6.07) is 19.0. The Bertz CT molecular complexity index is 1120. The predicted molar refractivity (Wildman–Crippen MR) is 102 cm³/mol. The van der Waals surface area contributed by atoms with Crippen LogP contribution in [0.5, 0.6) is 0 Å². The normalized spacial score (nSPS) is 17.0. The van der Waals surface area contributed by atoms with Crippen LogP contribution in [0, 0.1) is 0 Å². The molecule has 27 heavy (non-hydrogen) atoms. The van der Waals surface area contributed by atoms with Gasteiger partial charge in [0.1, 0.15) is 5.70 Å². The fourth-order valence-corrected chi connectivity index (χ4v) is 4.69. The zero-order valence-electron chi connectivity index (χ0n) is 14.3. The lowest BCUT2D eigenvalue weighted by atomic mass is 10.1. The molecule has 0 bridgehead atoms. The summed E-state index contributed by atoms with van der Waals surface area (Å²) in [5.41, 5.74) is 1.83. The van der Waals surface area contributed by atoms with Crippen molar-refractivity contribution in [2.24, 2.45) is 0 Å². The fourth-order valence-electron chi connectivity index (χ4n) is 3.05. The summed E-state index contributed by atoms with van der Waals surface area (Å²) in [7, 11) is -3.85. The maximum Gasteiger partial charge on any atom is 0.265 e. The summed E-state index contributed by atoms with van der Waals surface area (Å²) in [5.74, 6) is -0.312. The Morgan fingerprint density at radius 3 is 2.30 bits per heavy atom. The molecule has 3 aromatic rings. The number of carbonyl (C=O) groups is 1. The molecular formula is C21H16N2O3S. The molecule has 0 saturated heterocycles. The monoisotopic (exact) mass is 376 g/mol. The van der Waals surface area contributed by atoms with Gasteiger partial charge in [0.05, 0.1) is 11.4 Å². The van der Waals surface area contributed by atoms with Crippen LogP contribution in [0.2, 0.25) is 0 Å². The minimum absolute atomic E-state index is 0.0396. The number of Topliss-reactive ketones (excluding diaryl/α,β-unsaturated/α-hetero) is 1. The van der Waals surface area contributed by atoms with Crippen LogP contribution in [0.1, 0.15) is 21.5 Å². The van der Waals surface area contributed by atoms with Gasteiger partial charge >= 0.3 is 0 Å². The van der Waals surface area contributed by atoms with Crippen molar-refractivity contribution in [3.05, 3.63) is 102 Å². The number of sulfonamides is 1. The summed E-state index contributed by atoms with van der Waals surface area (Å²) in [4.78, 5) is 17.1. The van der Waals surface area contributed by atoms with Gasteiger partial charge in [0.25, 0.3) is 10.0 Å². The Labute approximate surface area is 157 Å². The van der Waals surface area contributed by atoms with Gasteiger partial charge in [0, 0.05) is 18.0 Å². The number of allylic oxidation sites excluding steroid dienone is 1. The molecule has 0 N–H and O–H groups in total. The summed E-state index contributed by atoms with van der Waals surface area (Å²) < 4.78 is 27.7. The van der Waals surface area contributed by atoms with Crippen molar-refractivity contribution in [3.8, 4) is 0 Å². The Morgan fingerprint density at radius 1 is 0.889 bits per heavy atom. The number of pyridine rings is 1. The third kappa shape index (κ3) is 3.15. The molecule has 2 heterocycles. The molecule has 0 saturated carbocycles. The Hall–Kier alpha value is -3.25. The van der Waals surface area contributed by atoms with Crippen LogP contribution in [0.15, 0.2) is 89.7 Å². The lowest BCUT2D eigenvalue weighted by Gasteiger charge is -2.31. The number of benzene rings is 2. The van der Waals surface area contributed by atoms with E-state index in [1.807, 2.05) is 30.3 Å². The number of nitrogens with zero attached hydrogens (tertiary/aromatic N) is 2. The summed E-state index contributed by atoms with van der Waals surface area (Å²) in [6.07, 6.45) is 4.80. The van der Waals surface area contributed by atoms with Crippen LogP contribution in [-0.2, 0) is 16.6 Å². The van der Waals surface area contributed by atoms with Gasteiger partial charge in [-0.1, -0.05) is 42.5 Å². The van der Waals surface area contributed by atoms with Gasteiger partial charge in [-0.3, -0.25) is 14.1 Å². The van der Waals surface area contributed by atoms with E-state index in [0.29, 0.717) is 5.56 Å². The topological polar surface area (TPSA) is 67.3 Å². The fraction of sp³-hybridized carbons (Fsp3) is 0.0476. The van der Waals surface area contributed by atoms with Crippen molar-refractivity contribution in [3.63, 3.8) is 0 Å². The lowest BCUT2D eigenvalue weighted by Crippen LogP contribution is -2.38. The molecule has 134 valence electrons. The zero-order valence-corrected chi connectivity index (χ0v) is 15.1. The molecule has 0 amide bonds. The molecule has 6 heteroatoms. The van der Waals surface area contributed by atoms with Crippen LogP contribution in [0.4, 0.5) is 0 Å². The Morgan fingerprint density at radius 2 is 1.56 bits per heavy atom. The van der Waals surface area contributed by atoms with Gasteiger partial charge in [-0.15, -0.1) is 0 Å². The first-order chi connectivity index (χ1) is 13.1. The highest BCUT2D eigenvalue weighted by molar-refractivity contribution is 7.89. The predicted octanol–water partition coefficient (Wildman–Crippen LogP) is 3.51. The standard InChI is InChI=1S/C21H16N2O3S/c24-21-18-8-4-5-9-20(18)27(25,26)23(15-17-6-2-1-3-7-17)19(21)14-16-10-12-22-13-11-16/h1-14H,15H2/b19-14+. The van der Waals surface area contributed by atoms with Gasteiger partial charge in [-0.05, 0) is 41.5 Å². The molecular weight excluding hydrogens is 360 g/mol. The van der Waals surface area contributed by atoms with Gasteiger partial charge in [0.15, 0.2) is 0 Å². The first-order valence-corrected chi connectivity index (χ1v) is 9.83. The van der Waals surface area contributed by atoms with E-state index < -0.39 is 10.0 Å². The maximum atomic E-state index is 13.3. The third-order valence-electron chi connectivity index (χ3n) is 4.38. The number of hydrogen-bond donors (Lipinski definition) is 0. The Balaban J connectivity index is 1.91. The van der Waals surface area contributed by atoms with Gasteiger partial charge in [0.2, 0.25) is 5.78 Å². The second-order valence-electron chi connectivity index (χ2n) is 6.13. The van der Waals surface area contributed by atoms with E-state index in [4.69, 9.17) is 0 Å². The van der Waals surface area contributed by atoms with Crippen LogP contribution < -0.4 is 0 Å². The third-order valence-corrected chi connectivity index (χ3v) is 6.20. The minimum atomic E-state index is -3.85. The minimum Gasteiger partial charge on any atom is -0.287 e. The van der Waals surface area contributed by atoms with E-state index in [0.717, 1.165) is 5.56 Å². The van der Waals surface area contributed by atoms with Crippen molar-refractivity contribution in [2.45, 2.75) is 11.4 Å². The number of carbonyl (C=O) groups excluding carboxylic acids is 1. The van der Waals surface area contributed by atoms with E-state index in [9.17, 15) is 13.2 Å². The summed E-state index contributed by atoms with van der Waals surface area (Å²) in [6.45, 7) is 0.0835. The highest BCUT2D eigenvalue weighted by Crippen LogP contribution is 2.34. The molecule has 0 atom stereocenters. The van der Waals surface area contributed by atoms with E-state index >= 15 is 0 Å². The molecule has 0 spiro atoms. The molecule has 2 aromatic carbocycles. The number of fused-ring (bicyclic) bond motifs is 1. The number of aromatic nitrogens is 1. The molecule has 0 aliphatic carbocycles. The second kappa shape index (κ2) is 6.81. The molecule has 0 fully saturated rings. The van der Waals surface area contributed by atoms with Crippen molar-refractivity contribution >= 4 is 21.9 Å². The molecule has 0 radical (unpaired) electrons. The van der Waals surface area contributed by atoms with Crippen molar-refractivity contribution < 1.29 is 13.2 Å². The smallest absolute Gasteiger partial charge is 0.265 e. The van der Waals surface area contributed by atoms with Gasteiger partial charge < -0.3 is 0 Å². The van der Waals surface area contributed by atoms with Crippen molar-refractivity contribution in [2.75, 3.05) is 0 Å². The zero-order chi connectivity index (χ0) is 18.9. The highest BCUT2D eigenvalue weighted by atomic mass is 32.2.